The lowest BCUT2D eigenvalue weighted by Crippen LogP contribution is -2.36. The fraction of sp³-hybridized carbons (Fsp3) is 0.417. The molecule has 1 atom stereocenters. The highest BCUT2D eigenvalue weighted by atomic mass is 16.8. The summed E-state index contributed by atoms with van der Waals surface area (Å²) in [6.07, 6.45) is 0.606. The van der Waals surface area contributed by atoms with Crippen molar-refractivity contribution in [1.29, 1.82) is 0 Å². The Balaban J connectivity index is 2.59. The predicted molar refractivity (Wildman–Crippen MR) is 70.1 cm³/mol. The van der Waals surface area contributed by atoms with Gasteiger partial charge in [0.2, 0.25) is 5.91 Å². The van der Waals surface area contributed by atoms with Crippen LogP contribution in [0.3, 0.4) is 0 Å². The van der Waals surface area contributed by atoms with Crippen LogP contribution in [0.4, 0.5) is 11.4 Å². The van der Waals surface area contributed by atoms with Crippen molar-refractivity contribution < 1.29 is 10.0 Å². The number of anilines is 2. The van der Waals surface area contributed by atoms with Crippen molar-refractivity contribution in [2.75, 3.05) is 10.5 Å². The highest BCUT2D eigenvalue weighted by molar-refractivity contribution is 5.94. The molecule has 1 amide bonds. The van der Waals surface area contributed by atoms with Crippen molar-refractivity contribution in [1.82, 2.24) is 0 Å². The Labute approximate surface area is 106 Å². The predicted octanol–water partition coefficient (Wildman–Crippen LogP) is 1.69. The van der Waals surface area contributed by atoms with Gasteiger partial charge in [-0.25, -0.2) is 0 Å². The standard InChI is InChI=1S/C12H18N3O3/c1-8(2)7-11(13)12(16)14-9-3-5-10(6-4-9)15(17)18/h3-6,8,11,17H,7,13H2,1-2H3,(H,14,16)/q-1/t11-/m1/s1. The normalized spacial score (nSPS) is 12.3. The summed E-state index contributed by atoms with van der Waals surface area (Å²) in [5.74, 6) is 0.0796. The number of carbonyl (C=O) groups is 1. The molecule has 0 spiro atoms. The molecular weight excluding hydrogens is 234 g/mol. The van der Waals surface area contributed by atoms with Gasteiger partial charge in [-0.05, 0) is 36.6 Å². The number of nitrogens with zero attached hydrogens (tertiary/aromatic N) is 1. The zero-order chi connectivity index (χ0) is 13.7. The molecule has 0 heterocycles. The summed E-state index contributed by atoms with van der Waals surface area (Å²) in [6.45, 7) is 3.98. The molecule has 18 heavy (non-hydrogen) atoms. The maximum atomic E-state index is 11.7. The highest BCUT2D eigenvalue weighted by Gasteiger charge is 2.14. The van der Waals surface area contributed by atoms with Crippen LogP contribution in [0.15, 0.2) is 24.3 Å². The van der Waals surface area contributed by atoms with Crippen molar-refractivity contribution in [3.8, 4) is 0 Å². The summed E-state index contributed by atoms with van der Waals surface area (Å²) in [4.78, 5) is 11.7. The van der Waals surface area contributed by atoms with Gasteiger partial charge in [0.1, 0.15) is 0 Å². The Morgan fingerprint density at radius 3 is 2.44 bits per heavy atom. The van der Waals surface area contributed by atoms with E-state index in [0.717, 1.165) is 0 Å². The van der Waals surface area contributed by atoms with Gasteiger partial charge in [-0.1, -0.05) is 13.8 Å². The Hall–Kier alpha value is -1.63. The van der Waals surface area contributed by atoms with Crippen molar-refractivity contribution in [2.24, 2.45) is 11.7 Å². The summed E-state index contributed by atoms with van der Waals surface area (Å²) in [5.41, 5.74) is 6.36. The molecule has 4 N–H and O–H groups in total. The van der Waals surface area contributed by atoms with Gasteiger partial charge in [0.15, 0.2) is 0 Å². The first-order valence-corrected chi connectivity index (χ1v) is 5.72. The number of nitrogens with two attached hydrogens (primary N) is 1. The lowest BCUT2D eigenvalue weighted by atomic mass is 10.0. The van der Waals surface area contributed by atoms with Crippen LogP contribution in [0.1, 0.15) is 20.3 Å². The zero-order valence-corrected chi connectivity index (χ0v) is 10.5. The molecule has 1 aromatic carbocycles. The first kappa shape index (κ1) is 14.4. The molecule has 0 aliphatic heterocycles. The van der Waals surface area contributed by atoms with Crippen LogP contribution in [0.2, 0.25) is 0 Å². The maximum Gasteiger partial charge on any atom is 0.241 e. The third-order valence-electron chi connectivity index (χ3n) is 2.42. The molecule has 0 saturated heterocycles. The second-order valence-corrected chi connectivity index (χ2v) is 4.55. The molecular formula is C12H18N3O3-. The Morgan fingerprint density at radius 2 is 2.00 bits per heavy atom. The summed E-state index contributed by atoms with van der Waals surface area (Å²) in [6, 6.07) is 5.29. The van der Waals surface area contributed by atoms with Crippen molar-refractivity contribution in [3.05, 3.63) is 29.5 Å². The van der Waals surface area contributed by atoms with Crippen LogP contribution >= 0.6 is 0 Å². The minimum absolute atomic E-state index is 0.0967. The van der Waals surface area contributed by atoms with E-state index in [9.17, 15) is 10.0 Å². The molecule has 0 unspecified atom stereocenters. The van der Waals surface area contributed by atoms with E-state index >= 15 is 0 Å². The Morgan fingerprint density at radius 1 is 1.44 bits per heavy atom. The lowest BCUT2D eigenvalue weighted by Gasteiger charge is -2.21. The van der Waals surface area contributed by atoms with E-state index in [0.29, 0.717) is 18.0 Å². The van der Waals surface area contributed by atoms with Gasteiger partial charge in [0.05, 0.1) is 11.7 Å². The van der Waals surface area contributed by atoms with E-state index in [1.807, 2.05) is 13.8 Å². The van der Waals surface area contributed by atoms with E-state index in [1.165, 1.54) is 24.3 Å². The quantitative estimate of drug-likeness (QED) is 0.692. The molecule has 0 bridgehead atoms. The number of nitrogens with one attached hydrogen (secondary N) is 1. The minimum atomic E-state index is -0.557. The Bertz CT molecular complexity index is 390. The van der Waals surface area contributed by atoms with Crippen LogP contribution in [0.5, 0.6) is 0 Å². The van der Waals surface area contributed by atoms with Crippen LogP contribution in [-0.2, 0) is 4.79 Å². The smallest absolute Gasteiger partial charge is 0.241 e. The van der Waals surface area contributed by atoms with Gasteiger partial charge in [0, 0.05) is 5.69 Å². The topological polar surface area (TPSA) is 102 Å². The van der Waals surface area contributed by atoms with Crippen molar-refractivity contribution in [3.63, 3.8) is 0 Å². The van der Waals surface area contributed by atoms with E-state index in [-0.39, 0.29) is 16.8 Å². The first-order chi connectivity index (χ1) is 8.40. The fourth-order valence-electron chi connectivity index (χ4n) is 1.52. The second-order valence-electron chi connectivity index (χ2n) is 4.55. The van der Waals surface area contributed by atoms with E-state index < -0.39 is 6.04 Å². The summed E-state index contributed by atoms with van der Waals surface area (Å²) in [5, 5.41) is 21.6. The molecule has 100 valence electrons. The molecule has 0 aromatic heterocycles. The molecule has 1 rings (SSSR count). The van der Waals surface area contributed by atoms with Crippen LogP contribution in [-0.4, -0.2) is 17.2 Å². The number of rotatable bonds is 5. The molecule has 0 fully saturated rings. The molecule has 1 aromatic rings. The number of hydrogen-bond acceptors (Lipinski definition) is 5. The highest BCUT2D eigenvalue weighted by Crippen LogP contribution is 2.16. The van der Waals surface area contributed by atoms with E-state index in [4.69, 9.17) is 10.9 Å². The number of benzene rings is 1. The maximum absolute atomic E-state index is 11.7. The largest absolute Gasteiger partial charge is 0.733 e. The molecule has 6 nitrogen and oxygen atoms in total. The van der Waals surface area contributed by atoms with Crippen LogP contribution < -0.4 is 16.3 Å². The van der Waals surface area contributed by atoms with Gasteiger partial charge in [-0.3, -0.25) is 10.0 Å². The van der Waals surface area contributed by atoms with Crippen molar-refractivity contribution >= 4 is 17.3 Å². The van der Waals surface area contributed by atoms with Crippen LogP contribution in [0.25, 0.3) is 0 Å². The lowest BCUT2D eigenvalue weighted by molar-refractivity contribution is -0.117. The van der Waals surface area contributed by atoms with Gasteiger partial charge in [-0.2, -0.15) is 0 Å². The molecule has 0 aliphatic rings. The molecule has 6 heteroatoms. The first-order valence-electron chi connectivity index (χ1n) is 5.72. The third-order valence-corrected chi connectivity index (χ3v) is 2.42. The minimum Gasteiger partial charge on any atom is -0.733 e. The fourth-order valence-corrected chi connectivity index (χ4v) is 1.52. The molecule has 0 saturated carbocycles. The van der Waals surface area contributed by atoms with Gasteiger partial charge >= 0.3 is 0 Å². The number of amides is 1. The summed E-state index contributed by atoms with van der Waals surface area (Å²) >= 11 is 0. The number of hydrogen-bond donors (Lipinski definition) is 3. The number of carbonyl (C=O) groups excluding carboxylic acids is 1. The third kappa shape index (κ3) is 4.33. The van der Waals surface area contributed by atoms with E-state index in [1.54, 1.807) is 0 Å². The van der Waals surface area contributed by atoms with Crippen molar-refractivity contribution in [2.45, 2.75) is 26.3 Å². The zero-order valence-electron chi connectivity index (χ0n) is 10.5. The Kier molecular flexibility index (Phi) is 5.08. The van der Waals surface area contributed by atoms with E-state index in [2.05, 4.69) is 5.32 Å². The van der Waals surface area contributed by atoms with Gasteiger partial charge < -0.3 is 21.5 Å². The second kappa shape index (κ2) is 6.34. The van der Waals surface area contributed by atoms with Gasteiger partial charge in [0.25, 0.3) is 0 Å². The molecule has 0 aliphatic carbocycles. The SMILES string of the molecule is CC(C)C[C@@H](N)C(=O)Nc1ccc(N([O-])O)cc1. The monoisotopic (exact) mass is 252 g/mol. The van der Waals surface area contributed by atoms with Crippen LogP contribution in [0, 0.1) is 11.1 Å². The average molecular weight is 252 g/mol. The average Bonchev–Trinajstić information content (AvgIpc) is 2.28. The summed E-state index contributed by atoms with van der Waals surface area (Å²) in [7, 11) is 0. The molecule has 0 radical (unpaired) electrons. The van der Waals surface area contributed by atoms with Gasteiger partial charge in [-0.15, -0.1) is 0 Å². The summed E-state index contributed by atoms with van der Waals surface area (Å²) < 4.78 is 0.